The molecule has 194 valence electrons. The molecular formula is C27H20BrClN2O6S. The topological polar surface area (TPSA) is 105 Å². The lowest BCUT2D eigenvalue weighted by molar-refractivity contribution is -0.122. The molecule has 0 unspecified atom stereocenters. The van der Waals surface area contributed by atoms with E-state index in [4.69, 9.17) is 33.3 Å². The predicted octanol–water partition coefficient (Wildman–Crippen LogP) is 5.61. The van der Waals surface area contributed by atoms with Gasteiger partial charge in [-0.15, -0.1) is 0 Å². The Morgan fingerprint density at radius 3 is 2.50 bits per heavy atom. The molecule has 0 spiro atoms. The fraction of sp³-hybridized carbons (Fsp3) is 0.111. The molecular weight excluding hydrogens is 596 g/mol. The molecule has 4 rings (SSSR count). The van der Waals surface area contributed by atoms with E-state index in [0.717, 1.165) is 10.5 Å². The van der Waals surface area contributed by atoms with Gasteiger partial charge in [-0.25, -0.2) is 4.79 Å². The van der Waals surface area contributed by atoms with Crippen molar-refractivity contribution in [1.82, 2.24) is 5.32 Å². The average Bonchev–Trinajstić information content (AvgIpc) is 2.88. The van der Waals surface area contributed by atoms with Crippen LogP contribution in [0, 0.1) is 0 Å². The number of nitrogens with one attached hydrogen (secondary N) is 1. The van der Waals surface area contributed by atoms with Gasteiger partial charge in [-0.3, -0.25) is 19.8 Å². The molecule has 1 saturated heterocycles. The second-order valence-corrected chi connectivity index (χ2v) is 9.66. The highest BCUT2D eigenvalue weighted by atomic mass is 79.9. The summed E-state index contributed by atoms with van der Waals surface area (Å²) >= 11 is 14.6. The van der Waals surface area contributed by atoms with Crippen LogP contribution in [0.4, 0.5) is 5.69 Å². The monoisotopic (exact) mass is 614 g/mol. The SMILES string of the molecule is CCOc1cc(C=C2C(=O)NC(=S)N(c3cccc(C(=O)O)c3)C2=O)c(Br)cc1OCc1ccc(Cl)cc1. The smallest absolute Gasteiger partial charge is 0.335 e. The summed E-state index contributed by atoms with van der Waals surface area (Å²) in [6.45, 7) is 2.45. The summed E-state index contributed by atoms with van der Waals surface area (Å²) < 4.78 is 12.3. The number of rotatable bonds is 8. The molecule has 1 aliphatic heterocycles. The maximum Gasteiger partial charge on any atom is 0.335 e. The van der Waals surface area contributed by atoms with E-state index < -0.39 is 17.8 Å². The summed E-state index contributed by atoms with van der Waals surface area (Å²) in [7, 11) is 0. The predicted molar refractivity (Wildman–Crippen MR) is 151 cm³/mol. The van der Waals surface area contributed by atoms with Gasteiger partial charge in [-0.2, -0.15) is 0 Å². The number of benzene rings is 3. The van der Waals surface area contributed by atoms with Crippen LogP contribution in [-0.4, -0.2) is 34.6 Å². The Bertz CT molecular complexity index is 1470. The van der Waals surface area contributed by atoms with Gasteiger partial charge >= 0.3 is 5.97 Å². The maximum atomic E-state index is 13.4. The number of aromatic carboxylic acids is 1. The Morgan fingerprint density at radius 1 is 1.11 bits per heavy atom. The number of amides is 2. The third kappa shape index (κ3) is 6.04. The molecule has 0 aromatic heterocycles. The van der Waals surface area contributed by atoms with Gasteiger partial charge in [0, 0.05) is 9.50 Å². The number of hydrogen-bond donors (Lipinski definition) is 2. The fourth-order valence-electron chi connectivity index (χ4n) is 3.61. The van der Waals surface area contributed by atoms with Crippen molar-refractivity contribution in [3.63, 3.8) is 0 Å². The van der Waals surface area contributed by atoms with Crippen LogP contribution in [0.3, 0.4) is 0 Å². The molecule has 3 aromatic rings. The van der Waals surface area contributed by atoms with Crippen LogP contribution in [0.2, 0.25) is 5.02 Å². The largest absolute Gasteiger partial charge is 0.490 e. The van der Waals surface area contributed by atoms with Crippen LogP contribution in [-0.2, 0) is 16.2 Å². The van der Waals surface area contributed by atoms with Gasteiger partial charge in [-0.1, -0.05) is 45.7 Å². The highest BCUT2D eigenvalue weighted by Crippen LogP contribution is 2.36. The van der Waals surface area contributed by atoms with Crippen LogP contribution in [0.1, 0.15) is 28.4 Å². The van der Waals surface area contributed by atoms with E-state index in [1.807, 2.05) is 19.1 Å². The molecule has 0 radical (unpaired) electrons. The second kappa shape index (κ2) is 11.8. The number of carbonyl (C=O) groups is 3. The molecule has 1 aliphatic rings. The lowest BCUT2D eigenvalue weighted by Gasteiger charge is -2.29. The Balaban J connectivity index is 1.66. The number of carbonyl (C=O) groups excluding carboxylic acids is 2. The van der Waals surface area contributed by atoms with Gasteiger partial charge in [0.15, 0.2) is 16.6 Å². The Hall–Kier alpha value is -3.73. The summed E-state index contributed by atoms with van der Waals surface area (Å²) in [5.74, 6) is -1.66. The zero-order chi connectivity index (χ0) is 27.4. The minimum atomic E-state index is -1.16. The third-order valence-corrected chi connectivity index (χ3v) is 6.65. The molecule has 0 bridgehead atoms. The van der Waals surface area contributed by atoms with E-state index >= 15 is 0 Å². The molecule has 0 aliphatic carbocycles. The van der Waals surface area contributed by atoms with Crippen molar-refractivity contribution in [2.75, 3.05) is 11.5 Å². The Morgan fingerprint density at radius 2 is 1.82 bits per heavy atom. The van der Waals surface area contributed by atoms with Gasteiger partial charge in [0.1, 0.15) is 12.2 Å². The van der Waals surface area contributed by atoms with Crippen LogP contribution in [0.25, 0.3) is 6.08 Å². The number of nitrogens with zero attached hydrogens (tertiary/aromatic N) is 1. The zero-order valence-corrected chi connectivity index (χ0v) is 23.0. The van der Waals surface area contributed by atoms with E-state index in [0.29, 0.717) is 33.2 Å². The quantitative estimate of drug-likeness (QED) is 0.193. The van der Waals surface area contributed by atoms with Crippen molar-refractivity contribution < 1.29 is 29.0 Å². The molecule has 3 aromatic carbocycles. The molecule has 1 fully saturated rings. The van der Waals surface area contributed by atoms with Crippen LogP contribution >= 0.6 is 39.7 Å². The minimum Gasteiger partial charge on any atom is -0.490 e. The highest BCUT2D eigenvalue weighted by Gasteiger charge is 2.35. The van der Waals surface area contributed by atoms with Gasteiger partial charge in [0.05, 0.1) is 17.9 Å². The molecule has 38 heavy (non-hydrogen) atoms. The number of hydrogen-bond acceptors (Lipinski definition) is 6. The van der Waals surface area contributed by atoms with Crippen LogP contribution in [0.15, 0.2) is 70.7 Å². The molecule has 0 atom stereocenters. The van der Waals surface area contributed by atoms with E-state index in [1.165, 1.54) is 30.3 Å². The summed E-state index contributed by atoms with van der Waals surface area (Å²) in [5.41, 5.74) is 1.38. The van der Waals surface area contributed by atoms with E-state index in [1.54, 1.807) is 24.3 Å². The summed E-state index contributed by atoms with van der Waals surface area (Å²) in [4.78, 5) is 38.6. The first-order chi connectivity index (χ1) is 18.2. The fourth-order valence-corrected chi connectivity index (χ4v) is 4.45. The number of carboxylic acids is 1. The highest BCUT2D eigenvalue weighted by molar-refractivity contribution is 9.10. The standard InChI is InChI=1S/C27H20BrClN2O6S/c1-2-36-22-12-17(21(28)13-23(22)37-14-15-6-8-18(29)9-7-15)11-20-24(32)30-27(38)31(25(20)33)19-5-3-4-16(10-19)26(34)35/h3-13H,2,14H2,1H3,(H,34,35)(H,30,32,38). The maximum absolute atomic E-state index is 13.4. The average molecular weight is 616 g/mol. The van der Waals surface area contributed by atoms with Gasteiger partial charge < -0.3 is 14.6 Å². The van der Waals surface area contributed by atoms with Crippen LogP contribution < -0.4 is 19.7 Å². The molecule has 0 saturated carbocycles. The summed E-state index contributed by atoms with van der Waals surface area (Å²) in [5, 5.41) is 12.3. The minimum absolute atomic E-state index is 0.0289. The van der Waals surface area contributed by atoms with Crippen molar-refractivity contribution in [1.29, 1.82) is 0 Å². The van der Waals surface area contributed by atoms with Gasteiger partial charge in [0.25, 0.3) is 11.8 Å². The van der Waals surface area contributed by atoms with E-state index in [2.05, 4.69) is 21.2 Å². The van der Waals surface area contributed by atoms with Gasteiger partial charge in [-0.05, 0) is 78.8 Å². The molecule has 8 nitrogen and oxygen atoms in total. The number of ether oxygens (including phenoxy) is 2. The van der Waals surface area contributed by atoms with Crippen LogP contribution in [0.5, 0.6) is 11.5 Å². The van der Waals surface area contributed by atoms with E-state index in [9.17, 15) is 19.5 Å². The molecule has 11 heteroatoms. The van der Waals surface area contributed by atoms with Gasteiger partial charge in [0.2, 0.25) is 0 Å². The molecule has 2 N–H and O–H groups in total. The van der Waals surface area contributed by atoms with Crippen molar-refractivity contribution in [2.24, 2.45) is 0 Å². The lowest BCUT2D eigenvalue weighted by atomic mass is 10.1. The first-order valence-corrected chi connectivity index (χ1v) is 12.8. The number of anilines is 1. The summed E-state index contributed by atoms with van der Waals surface area (Å²) in [6.07, 6.45) is 1.41. The lowest BCUT2D eigenvalue weighted by Crippen LogP contribution is -2.54. The number of halogens is 2. The second-order valence-electron chi connectivity index (χ2n) is 7.98. The van der Waals surface area contributed by atoms with Crippen molar-refractivity contribution >= 4 is 74.4 Å². The molecule has 1 heterocycles. The summed E-state index contributed by atoms with van der Waals surface area (Å²) in [6, 6.07) is 16.3. The number of carboxylic acid groups (broad SMARTS) is 1. The van der Waals surface area contributed by atoms with E-state index in [-0.39, 0.29) is 28.5 Å². The van der Waals surface area contributed by atoms with Crippen molar-refractivity contribution in [2.45, 2.75) is 13.5 Å². The number of thiocarbonyl (C=S) groups is 1. The van der Waals surface area contributed by atoms with Crippen molar-refractivity contribution in [3.05, 3.63) is 92.4 Å². The Labute approximate surface area is 236 Å². The third-order valence-electron chi connectivity index (χ3n) is 5.42. The first kappa shape index (κ1) is 27.3. The normalized spacial score (nSPS) is 14.4. The Kier molecular flexibility index (Phi) is 8.45. The van der Waals surface area contributed by atoms with Crippen molar-refractivity contribution in [3.8, 4) is 11.5 Å². The molecule has 2 amide bonds. The zero-order valence-electron chi connectivity index (χ0n) is 19.9. The first-order valence-electron chi connectivity index (χ1n) is 11.3.